The van der Waals surface area contributed by atoms with E-state index in [2.05, 4.69) is 12.2 Å². The zero-order valence-corrected chi connectivity index (χ0v) is 12.2. The molecule has 0 aromatic carbocycles. The molecule has 1 saturated carbocycles. The van der Waals surface area contributed by atoms with E-state index in [-0.39, 0.29) is 18.1 Å². The van der Waals surface area contributed by atoms with Crippen LogP contribution in [0.4, 0.5) is 0 Å². The van der Waals surface area contributed by atoms with Gasteiger partial charge in [-0.2, -0.15) is 11.8 Å². The van der Waals surface area contributed by atoms with E-state index in [1.807, 2.05) is 32.5 Å². The van der Waals surface area contributed by atoms with Crippen LogP contribution in [0.25, 0.3) is 0 Å². The van der Waals surface area contributed by atoms with Crippen LogP contribution in [0.15, 0.2) is 0 Å². The molecule has 1 aliphatic carbocycles. The molecule has 4 heteroatoms. The third kappa shape index (κ3) is 5.77. The van der Waals surface area contributed by atoms with Gasteiger partial charge in [0.05, 0.1) is 5.60 Å². The summed E-state index contributed by atoms with van der Waals surface area (Å²) in [7, 11) is 0. The van der Waals surface area contributed by atoms with Gasteiger partial charge in [-0.05, 0) is 39.4 Å². The third-order valence-corrected chi connectivity index (χ3v) is 4.14. The molecule has 100 valence electrons. The van der Waals surface area contributed by atoms with E-state index in [0.29, 0.717) is 11.3 Å². The number of carbonyl (C=O) groups is 1. The highest BCUT2D eigenvalue weighted by Crippen LogP contribution is 2.29. The Bertz CT molecular complexity index is 250. The lowest BCUT2D eigenvalue weighted by molar-refractivity contribution is -0.131. The Morgan fingerprint density at radius 3 is 2.71 bits per heavy atom. The Hall–Kier alpha value is -0.220. The fourth-order valence-electron chi connectivity index (χ4n) is 2.04. The summed E-state index contributed by atoms with van der Waals surface area (Å²) in [6, 6.07) is 0.344. The molecule has 1 rings (SSSR count). The van der Waals surface area contributed by atoms with E-state index in [1.54, 1.807) is 0 Å². The number of hydrogen-bond acceptors (Lipinski definition) is 3. The van der Waals surface area contributed by atoms with Crippen molar-refractivity contribution in [3.8, 4) is 0 Å². The van der Waals surface area contributed by atoms with Crippen molar-refractivity contribution in [1.82, 2.24) is 5.32 Å². The summed E-state index contributed by atoms with van der Waals surface area (Å²) in [4.78, 5) is 11.8. The van der Waals surface area contributed by atoms with Crippen molar-refractivity contribution >= 4 is 17.7 Å². The van der Waals surface area contributed by atoms with Crippen molar-refractivity contribution in [2.45, 2.75) is 63.9 Å². The van der Waals surface area contributed by atoms with Crippen LogP contribution >= 0.6 is 11.8 Å². The summed E-state index contributed by atoms with van der Waals surface area (Å²) in [5.74, 6) is 1.14. The van der Waals surface area contributed by atoms with Gasteiger partial charge in [-0.1, -0.05) is 13.3 Å². The first-order valence-electron chi connectivity index (χ1n) is 6.47. The summed E-state index contributed by atoms with van der Waals surface area (Å²) in [5.41, 5.74) is -0.245. The largest absolute Gasteiger partial charge is 0.366 e. The molecule has 3 nitrogen and oxygen atoms in total. The van der Waals surface area contributed by atoms with Crippen molar-refractivity contribution < 1.29 is 9.53 Å². The van der Waals surface area contributed by atoms with E-state index >= 15 is 0 Å². The van der Waals surface area contributed by atoms with Gasteiger partial charge in [0.15, 0.2) is 0 Å². The highest BCUT2D eigenvalue weighted by molar-refractivity contribution is 7.99. The Balaban J connectivity index is 2.30. The Kier molecular flexibility index (Phi) is 5.80. The van der Waals surface area contributed by atoms with Crippen molar-refractivity contribution in [3.63, 3.8) is 0 Å². The molecule has 0 aromatic rings. The zero-order valence-electron chi connectivity index (χ0n) is 11.4. The van der Waals surface area contributed by atoms with E-state index in [0.717, 1.165) is 12.2 Å². The van der Waals surface area contributed by atoms with Crippen LogP contribution in [0, 0.1) is 0 Å². The second kappa shape index (κ2) is 6.64. The van der Waals surface area contributed by atoms with Crippen molar-refractivity contribution in [2.24, 2.45) is 0 Å². The lowest BCUT2D eigenvalue weighted by Gasteiger charge is -2.22. The first-order chi connectivity index (χ1) is 7.92. The SMILES string of the molecule is CCSC1CCCC1NC(=O)COC(C)(C)C. The van der Waals surface area contributed by atoms with Gasteiger partial charge in [-0.15, -0.1) is 0 Å². The predicted molar refractivity (Wildman–Crippen MR) is 73.4 cm³/mol. The molecule has 0 heterocycles. The maximum atomic E-state index is 11.8. The molecule has 1 amide bonds. The van der Waals surface area contributed by atoms with Crippen LogP contribution in [-0.2, 0) is 9.53 Å². The number of ether oxygens (including phenoxy) is 1. The van der Waals surface area contributed by atoms with Gasteiger partial charge in [-0.3, -0.25) is 4.79 Å². The molecule has 0 aromatic heterocycles. The molecular formula is C13H25NO2S. The van der Waals surface area contributed by atoms with Gasteiger partial charge in [0.1, 0.15) is 6.61 Å². The average Bonchev–Trinajstić information content (AvgIpc) is 2.63. The van der Waals surface area contributed by atoms with Crippen LogP contribution < -0.4 is 5.32 Å². The second-order valence-corrected chi connectivity index (χ2v) is 7.02. The smallest absolute Gasteiger partial charge is 0.246 e. The lowest BCUT2D eigenvalue weighted by atomic mass is 10.2. The zero-order chi connectivity index (χ0) is 12.9. The number of thioether (sulfide) groups is 1. The monoisotopic (exact) mass is 259 g/mol. The van der Waals surface area contributed by atoms with Crippen molar-refractivity contribution in [1.29, 1.82) is 0 Å². The summed E-state index contributed by atoms with van der Waals surface area (Å²) in [5, 5.41) is 3.70. The molecule has 1 fully saturated rings. The van der Waals surface area contributed by atoms with Gasteiger partial charge >= 0.3 is 0 Å². The van der Waals surface area contributed by atoms with Crippen LogP contribution in [0.1, 0.15) is 47.0 Å². The number of hydrogen-bond donors (Lipinski definition) is 1. The number of amides is 1. The van der Waals surface area contributed by atoms with E-state index < -0.39 is 0 Å². The third-order valence-electron chi connectivity index (χ3n) is 2.82. The number of rotatable bonds is 5. The fraction of sp³-hybridized carbons (Fsp3) is 0.923. The molecule has 17 heavy (non-hydrogen) atoms. The van der Waals surface area contributed by atoms with Crippen molar-refractivity contribution in [2.75, 3.05) is 12.4 Å². The number of carbonyl (C=O) groups excluding carboxylic acids is 1. The molecular weight excluding hydrogens is 234 g/mol. The molecule has 1 N–H and O–H groups in total. The van der Waals surface area contributed by atoms with Gasteiger partial charge in [0.2, 0.25) is 5.91 Å². The minimum absolute atomic E-state index is 0.0218. The fourth-order valence-corrected chi connectivity index (χ4v) is 3.23. The van der Waals surface area contributed by atoms with Crippen LogP contribution in [-0.4, -0.2) is 35.2 Å². The molecule has 0 spiro atoms. The average molecular weight is 259 g/mol. The van der Waals surface area contributed by atoms with Gasteiger partial charge in [0.25, 0.3) is 0 Å². The van der Waals surface area contributed by atoms with E-state index in [1.165, 1.54) is 12.8 Å². The minimum Gasteiger partial charge on any atom is -0.366 e. The summed E-state index contributed by atoms with van der Waals surface area (Å²) in [6.45, 7) is 8.23. The van der Waals surface area contributed by atoms with Gasteiger partial charge in [0, 0.05) is 11.3 Å². The van der Waals surface area contributed by atoms with E-state index in [9.17, 15) is 4.79 Å². The number of nitrogens with one attached hydrogen (secondary N) is 1. The minimum atomic E-state index is -0.245. The molecule has 0 saturated heterocycles. The lowest BCUT2D eigenvalue weighted by Crippen LogP contribution is -2.41. The molecule has 1 aliphatic rings. The second-order valence-electron chi connectivity index (χ2n) is 5.50. The van der Waals surface area contributed by atoms with Crippen molar-refractivity contribution in [3.05, 3.63) is 0 Å². The normalized spacial score (nSPS) is 24.9. The Labute approximate surface area is 109 Å². The van der Waals surface area contributed by atoms with Crippen LogP contribution in [0.3, 0.4) is 0 Å². The maximum absolute atomic E-state index is 11.8. The Morgan fingerprint density at radius 1 is 1.41 bits per heavy atom. The quantitative estimate of drug-likeness (QED) is 0.825. The summed E-state index contributed by atoms with van der Waals surface area (Å²) >= 11 is 1.96. The molecule has 2 atom stereocenters. The van der Waals surface area contributed by atoms with Crippen LogP contribution in [0.5, 0.6) is 0 Å². The maximum Gasteiger partial charge on any atom is 0.246 e. The standard InChI is InChI=1S/C13H25NO2S/c1-5-17-11-8-6-7-10(11)14-12(15)9-16-13(2,3)4/h10-11H,5-9H2,1-4H3,(H,14,15). The topological polar surface area (TPSA) is 38.3 Å². The molecule has 0 bridgehead atoms. The summed E-state index contributed by atoms with van der Waals surface area (Å²) in [6.07, 6.45) is 3.56. The molecule has 0 radical (unpaired) electrons. The van der Waals surface area contributed by atoms with Gasteiger partial charge < -0.3 is 10.1 Å². The van der Waals surface area contributed by atoms with E-state index in [4.69, 9.17) is 4.74 Å². The molecule has 0 aliphatic heterocycles. The predicted octanol–water partition coefficient (Wildman–Crippen LogP) is 2.59. The van der Waals surface area contributed by atoms with Crippen LogP contribution in [0.2, 0.25) is 0 Å². The highest BCUT2D eigenvalue weighted by Gasteiger charge is 2.28. The first kappa shape index (κ1) is 14.8. The van der Waals surface area contributed by atoms with Gasteiger partial charge in [-0.25, -0.2) is 0 Å². The first-order valence-corrected chi connectivity index (χ1v) is 7.52. The summed E-state index contributed by atoms with van der Waals surface area (Å²) < 4.78 is 5.48. The Morgan fingerprint density at radius 2 is 2.12 bits per heavy atom. The highest BCUT2D eigenvalue weighted by atomic mass is 32.2. The molecule has 2 unspecified atom stereocenters.